The number of aromatic nitrogens is 2. The van der Waals surface area contributed by atoms with Crippen molar-refractivity contribution >= 4 is 17.4 Å². The molecule has 0 fully saturated rings. The number of ether oxygens (including phenoxy) is 2. The van der Waals surface area contributed by atoms with Crippen LogP contribution in [0.15, 0.2) is 12.1 Å². The van der Waals surface area contributed by atoms with Crippen molar-refractivity contribution in [2.75, 3.05) is 20.0 Å². The van der Waals surface area contributed by atoms with Gasteiger partial charge in [-0.2, -0.15) is 5.10 Å². The van der Waals surface area contributed by atoms with Gasteiger partial charge in [0.05, 0.1) is 19.2 Å². The SMILES string of the molecule is COc1cc(Cl)c(-c2c(N)n[nH]c2C)cc1OC. The molecule has 5 nitrogen and oxygen atoms in total. The van der Waals surface area contributed by atoms with Crippen molar-refractivity contribution in [2.24, 2.45) is 0 Å². The highest BCUT2D eigenvalue weighted by Crippen LogP contribution is 2.40. The van der Waals surface area contributed by atoms with Gasteiger partial charge < -0.3 is 15.2 Å². The van der Waals surface area contributed by atoms with Gasteiger partial charge in [0.15, 0.2) is 17.3 Å². The van der Waals surface area contributed by atoms with Crippen LogP contribution in [0.5, 0.6) is 11.5 Å². The monoisotopic (exact) mass is 267 g/mol. The average molecular weight is 268 g/mol. The summed E-state index contributed by atoms with van der Waals surface area (Å²) in [5, 5.41) is 7.31. The normalized spacial score (nSPS) is 10.4. The Morgan fingerprint density at radius 3 is 2.33 bits per heavy atom. The Kier molecular flexibility index (Phi) is 3.34. The summed E-state index contributed by atoms with van der Waals surface area (Å²) < 4.78 is 10.4. The van der Waals surface area contributed by atoms with Crippen molar-refractivity contribution in [2.45, 2.75) is 6.92 Å². The molecule has 0 radical (unpaired) electrons. The van der Waals surface area contributed by atoms with Gasteiger partial charge in [0.2, 0.25) is 0 Å². The van der Waals surface area contributed by atoms with Gasteiger partial charge in [0, 0.05) is 22.9 Å². The number of hydrogen-bond donors (Lipinski definition) is 2. The van der Waals surface area contributed by atoms with Gasteiger partial charge in [-0.1, -0.05) is 11.6 Å². The Morgan fingerprint density at radius 1 is 1.22 bits per heavy atom. The molecule has 0 aliphatic heterocycles. The first-order valence-electron chi connectivity index (χ1n) is 5.30. The fourth-order valence-electron chi connectivity index (χ4n) is 1.83. The molecule has 0 spiro atoms. The second kappa shape index (κ2) is 4.78. The summed E-state index contributed by atoms with van der Waals surface area (Å²) in [6.07, 6.45) is 0. The summed E-state index contributed by atoms with van der Waals surface area (Å²) in [5.41, 5.74) is 8.22. The fraction of sp³-hybridized carbons (Fsp3) is 0.250. The van der Waals surface area contributed by atoms with Gasteiger partial charge in [0.1, 0.15) is 0 Å². The van der Waals surface area contributed by atoms with E-state index in [1.807, 2.05) is 6.92 Å². The maximum Gasteiger partial charge on any atom is 0.162 e. The standard InChI is InChI=1S/C12H14ClN3O2/c1-6-11(12(14)16-15-6)7-4-9(17-2)10(18-3)5-8(7)13/h4-5H,1-3H3,(H3,14,15,16). The molecular formula is C12H14ClN3O2. The Labute approximate surface area is 110 Å². The van der Waals surface area contributed by atoms with E-state index in [0.29, 0.717) is 22.3 Å². The highest BCUT2D eigenvalue weighted by Gasteiger charge is 2.17. The fourth-order valence-corrected chi connectivity index (χ4v) is 2.08. The molecule has 0 aliphatic carbocycles. The Morgan fingerprint density at radius 2 is 1.83 bits per heavy atom. The topological polar surface area (TPSA) is 73.2 Å². The van der Waals surface area contributed by atoms with Crippen molar-refractivity contribution in [1.29, 1.82) is 0 Å². The molecule has 1 heterocycles. The third-order valence-corrected chi connectivity index (χ3v) is 3.03. The number of nitrogens with one attached hydrogen (secondary N) is 1. The molecule has 0 aliphatic rings. The first-order chi connectivity index (χ1) is 8.58. The van der Waals surface area contributed by atoms with Crippen LogP contribution in [0.2, 0.25) is 5.02 Å². The van der Waals surface area contributed by atoms with E-state index in [9.17, 15) is 0 Å². The van der Waals surface area contributed by atoms with Crippen LogP contribution >= 0.6 is 11.6 Å². The van der Waals surface area contributed by atoms with E-state index in [1.54, 1.807) is 26.4 Å². The molecule has 96 valence electrons. The highest BCUT2D eigenvalue weighted by molar-refractivity contribution is 6.33. The molecule has 3 N–H and O–H groups in total. The van der Waals surface area contributed by atoms with Crippen LogP contribution in [-0.4, -0.2) is 24.4 Å². The number of hydrogen-bond acceptors (Lipinski definition) is 4. The average Bonchev–Trinajstić information content (AvgIpc) is 2.69. The van der Waals surface area contributed by atoms with Crippen LogP contribution in [0.1, 0.15) is 5.69 Å². The first-order valence-corrected chi connectivity index (χ1v) is 5.68. The number of methoxy groups -OCH3 is 2. The minimum absolute atomic E-state index is 0.404. The maximum atomic E-state index is 6.24. The smallest absolute Gasteiger partial charge is 0.162 e. The lowest BCUT2D eigenvalue weighted by molar-refractivity contribution is 0.355. The van der Waals surface area contributed by atoms with Gasteiger partial charge >= 0.3 is 0 Å². The summed E-state index contributed by atoms with van der Waals surface area (Å²) >= 11 is 6.24. The maximum absolute atomic E-state index is 6.24. The number of nitrogens with two attached hydrogens (primary N) is 1. The van der Waals surface area contributed by atoms with Gasteiger partial charge in [-0.15, -0.1) is 0 Å². The summed E-state index contributed by atoms with van der Waals surface area (Å²) in [7, 11) is 3.13. The minimum atomic E-state index is 0.404. The number of aromatic amines is 1. The summed E-state index contributed by atoms with van der Waals surface area (Å²) in [4.78, 5) is 0. The molecule has 18 heavy (non-hydrogen) atoms. The van der Waals surface area contributed by atoms with Gasteiger partial charge in [-0.05, 0) is 13.0 Å². The highest BCUT2D eigenvalue weighted by atomic mass is 35.5. The van der Waals surface area contributed by atoms with Gasteiger partial charge in [0.25, 0.3) is 0 Å². The molecule has 0 amide bonds. The van der Waals surface area contributed by atoms with Crippen LogP contribution in [0.4, 0.5) is 5.82 Å². The number of anilines is 1. The Balaban J connectivity index is 2.65. The zero-order valence-corrected chi connectivity index (χ0v) is 11.1. The van der Waals surface area contributed by atoms with Crippen LogP contribution in [-0.2, 0) is 0 Å². The number of H-pyrrole nitrogens is 1. The van der Waals surface area contributed by atoms with E-state index in [4.69, 9.17) is 26.8 Å². The molecular weight excluding hydrogens is 254 g/mol. The third kappa shape index (κ3) is 1.97. The van der Waals surface area contributed by atoms with E-state index in [-0.39, 0.29) is 0 Å². The second-order valence-electron chi connectivity index (χ2n) is 3.80. The van der Waals surface area contributed by atoms with E-state index >= 15 is 0 Å². The number of nitrogens with zero attached hydrogens (tertiary/aromatic N) is 1. The number of halogens is 1. The summed E-state index contributed by atoms with van der Waals surface area (Å²) in [6.45, 7) is 1.88. The molecule has 2 aromatic rings. The van der Waals surface area contributed by atoms with Crippen LogP contribution < -0.4 is 15.2 Å². The largest absolute Gasteiger partial charge is 0.493 e. The van der Waals surface area contributed by atoms with E-state index in [0.717, 1.165) is 16.8 Å². The number of rotatable bonds is 3. The van der Waals surface area contributed by atoms with Crippen molar-refractivity contribution in [1.82, 2.24) is 10.2 Å². The van der Waals surface area contributed by atoms with E-state index in [2.05, 4.69) is 10.2 Å². The Bertz CT molecular complexity index is 561. The molecule has 0 unspecified atom stereocenters. The lowest BCUT2D eigenvalue weighted by atomic mass is 10.0. The summed E-state index contributed by atoms with van der Waals surface area (Å²) in [5.74, 6) is 1.57. The van der Waals surface area contributed by atoms with Crippen molar-refractivity contribution in [3.63, 3.8) is 0 Å². The van der Waals surface area contributed by atoms with Crippen LogP contribution in [0.3, 0.4) is 0 Å². The van der Waals surface area contributed by atoms with E-state index < -0.39 is 0 Å². The third-order valence-electron chi connectivity index (χ3n) is 2.72. The molecule has 6 heteroatoms. The predicted molar refractivity (Wildman–Crippen MR) is 71.3 cm³/mol. The zero-order valence-electron chi connectivity index (χ0n) is 10.4. The minimum Gasteiger partial charge on any atom is -0.493 e. The lowest BCUT2D eigenvalue weighted by Gasteiger charge is -2.11. The Hall–Kier alpha value is -1.88. The second-order valence-corrected chi connectivity index (χ2v) is 4.20. The number of aryl methyl sites for hydroxylation is 1. The number of benzene rings is 1. The lowest BCUT2D eigenvalue weighted by Crippen LogP contribution is -1.94. The molecule has 1 aromatic heterocycles. The van der Waals surface area contributed by atoms with E-state index in [1.165, 1.54) is 0 Å². The van der Waals surface area contributed by atoms with Crippen LogP contribution in [0, 0.1) is 6.92 Å². The summed E-state index contributed by atoms with van der Waals surface area (Å²) in [6, 6.07) is 3.48. The van der Waals surface area contributed by atoms with Gasteiger partial charge in [-0.3, -0.25) is 5.10 Å². The molecule has 0 bridgehead atoms. The number of nitrogen functional groups attached to an aromatic ring is 1. The quantitative estimate of drug-likeness (QED) is 0.897. The molecule has 0 saturated heterocycles. The molecule has 0 atom stereocenters. The molecule has 2 rings (SSSR count). The van der Waals surface area contributed by atoms with Gasteiger partial charge in [-0.25, -0.2) is 0 Å². The van der Waals surface area contributed by atoms with Crippen molar-refractivity contribution in [3.05, 3.63) is 22.8 Å². The van der Waals surface area contributed by atoms with Crippen molar-refractivity contribution in [3.8, 4) is 22.6 Å². The van der Waals surface area contributed by atoms with Crippen LogP contribution in [0.25, 0.3) is 11.1 Å². The molecule has 1 aromatic carbocycles. The predicted octanol–water partition coefficient (Wildman–Crippen LogP) is 2.64. The first kappa shape index (κ1) is 12.6. The molecule has 0 saturated carbocycles. The zero-order chi connectivity index (χ0) is 13.3. The van der Waals surface area contributed by atoms with Crippen molar-refractivity contribution < 1.29 is 9.47 Å².